The lowest BCUT2D eigenvalue weighted by Crippen LogP contribution is -2.14. The van der Waals surface area contributed by atoms with Crippen molar-refractivity contribution in [1.29, 1.82) is 0 Å². The second-order valence-corrected chi connectivity index (χ2v) is 3.58. The zero-order chi connectivity index (χ0) is 10.0. The molecule has 1 aliphatic carbocycles. The highest BCUT2D eigenvalue weighted by molar-refractivity contribution is 5.63. The smallest absolute Gasteiger partial charge is 0.213 e. The monoisotopic (exact) mass is 195 g/mol. The first-order valence-electron chi connectivity index (χ1n) is 4.45. The Morgan fingerprint density at radius 2 is 2.36 bits per heavy atom. The lowest BCUT2D eigenvalue weighted by molar-refractivity contribution is -0.113. The van der Waals surface area contributed by atoms with Crippen molar-refractivity contribution in [2.24, 2.45) is 5.41 Å². The van der Waals surface area contributed by atoms with Crippen molar-refractivity contribution in [2.45, 2.75) is 12.8 Å². The van der Waals surface area contributed by atoms with Gasteiger partial charge in [-0.2, -0.15) is 0 Å². The minimum Gasteiger partial charge on any atom is -0.477 e. The van der Waals surface area contributed by atoms with Crippen LogP contribution in [0.15, 0.2) is 18.3 Å². The van der Waals surface area contributed by atoms with E-state index in [-0.39, 0.29) is 5.41 Å². The molecule has 74 valence electrons. The molecule has 0 bridgehead atoms. The number of pyridine rings is 1. The van der Waals surface area contributed by atoms with Crippen molar-refractivity contribution >= 4 is 6.29 Å². The average molecular weight is 195 g/mol. The first-order valence-corrected chi connectivity index (χ1v) is 4.45. The van der Waals surface area contributed by atoms with Gasteiger partial charge in [0.25, 0.3) is 0 Å². The molecule has 0 N–H and O–H groups in total. The van der Waals surface area contributed by atoms with E-state index in [1.165, 1.54) is 12.1 Å². The number of aromatic nitrogens is 1. The summed E-state index contributed by atoms with van der Waals surface area (Å²) >= 11 is 0. The van der Waals surface area contributed by atoms with Gasteiger partial charge in [-0.1, -0.05) is 0 Å². The van der Waals surface area contributed by atoms with Gasteiger partial charge in [0.2, 0.25) is 5.88 Å². The molecule has 0 atom stereocenters. The van der Waals surface area contributed by atoms with Crippen molar-refractivity contribution in [3.05, 3.63) is 24.1 Å². The fourth-order valence-electron chi connectivity index (χ4n) is 1.12. The summed E-state index contributed by atoms with van der Waals surface area (Å²) < 4.78 is 17.7. The number of aldehydes is 1. The fraction of sp³-hybridized carbons (Fsp3) is 0.400. The van der Waals surface area contributed by atoms with Gasteiger partial charge in [-0.25, -0.2) is 9.37 Å². The van der Waals surface area contributed by atoms with Crippen LogP contribution in [-0.2, 0) is 4.79 Å². The van der Waals surface area contributed by atoms with Crippen LogP contribution < -0.4 is 4.74 Å². The van der Waals surface area contributed by atoms with Crippen LogP contribution in [-0.4, -0.2) is 17.9 Å². The van der Waals surface area contributed by atoms with E-state index in [1.807, 2.05) is 0 Å². The molecule has 3 nitrogen and oxygen atoms in total. The molecule has 0 saturated heterocycles. The summed E-state index contributed by atoms with van der Waals surface area (Å²) in [5.74, 6) is -0.0339. The van der Waals surface area contributed by atoms with Crippen molar-refractivity contribution in [3.63, 3.8) is 0 Å². The second kappa shape index (κ2) is 3.36. The van der Waals surface area contributed by atoms with Gasteiger partial charge in [-0.3, -0.25) is 0 Å². The zero-order valence-electron chi connectivity index (χ0n) is 7.57. The molecule has 0 spiro atoms. The number of hydrogen-bond acceptors (Lipinski definition) is 3. The molecule has 0 unspecified atom stereocenters. The predicted octanol–water partition coefficient (Wildman–Crippen LogP) is 1.58. The van der Waals surface area contributed by atoms with Gasteiger partial charge in [0, 0.05) is 6.07 Å². The minimum absolute atomic E-state index is 0.296. The van der Waals surface area contributed by atoms with E-state index < -0.39 is 5.82 Å². The maximum atomic E-state index is 12.5. The zero-order valence-corrected chi connectivity index (χ0v) is 7.57. The number of halogens is 1. The molecule has 2 rings (SSSR count). The fourth-order valence-corrected chi connectivity index (χ4v) is 1.12. The lowest BCUT2D eigenvalue weighted by atomic mass is 10.1. The molecule has 1 saturated carbocycles. The standard InChI is InChI=1S/C10H10FNO2/c11-8-1-2-9(12-5-8)14-7-10(6-13)3-4-10/h1-2,5-6H,3-4,7H2. The molecular formula is C10H10FNO2. The first kappa shape index (κ1) is 9.12. The molecule has 1 heterocycles. The Bertz CT molecular complexity index is 332. The van der Waals surface area contributed by atoms with Gasteiger partial charge in [0.1, 0.15) is 18.7 Å². The SMILES string of the molecule is O=CC1(COc2ccc(F)cn2)CC1. The number of ether oxygens (including phenoxy) is 1. The largest absolute Gasteiger partial charge is 0.477 e. The lowest BCUT2D eigenvalue weighted by Gasteiger charge is -2.08. The third-order valence-electron chi connectivity index (χ3n) is 2.35. The van der Waals surface area contributed by atoms with Gasteiger partial charge >= 0.3 is 0 Å². The second-order valence-electron chi connectivity index (χ2n) is 3.58. The summed E-state index contributed by atoms with van der Waals surface area (Å²) in [4.78, 5) is 14.3. The summed E-state index contributed by atoms with van der Waals surface area (Å²) in [5, 5.41) is 0. The van der Waals surface area contributed by atoms with E-state index in [0.717, 1.165) is 25.3 Å². The molecule has 0 aromatic carbocycles. The first-order chi connectivity index (χ1) is 6.74. The Morgan fingerprint density at radius 3 is 2.86 bits per heavy atom. The summed E-state index contributed by atoms with van der Waals surface area (Å²) in [6.07, 6.45) is 3.77. The van der Waals surface area contributed by atoms with Gasteiger partial charge in [-0.05, 0) is 18.9 Å². The van der Waals surface area contributed by atoms with Crippen molar-refractivity contribution in [2.75, 3.05) is 6.61 Å². The summed E-state index contributed by atoms with van der Waals surface area (Å²) in [5.41, 5.74) is -0.296. The molecule has 1 fully saturated rings. The van der Waals surface area contributed by atoms with Crippen LogP contribution in [0.2, 0.25) is 0 Å². The molecule has 1 aromatic heterocycles. The normalized spacial score (nSPS) is 17.5. The molecule has 1 aromatic rings. The van der Waals surface area contributed by atoms with Gasteiger partial charge in [0.15, 0.2) is 0 Å². The summed E-state index contributed by atoms with van der Waals surface area (Å²) in [6, 6.07) is 2.74. The van der Waals surface area contributed by atoms with E-state index in [4.69, 9.17) is 4.74 Å². The molecule has 0 aliphatic heterocycles. The maximum Gasteiger partial charge on any atom is 0.213 e. The molecular weight excluding hydrogens is 185 g/mol. The Morgan fingerprint density at radius 1 is 1.57 bits per heavy atom. The predicted molar refractivity (Wildman–Crippen MR) is 47.4 cm³/mol. The van der Waals surface area contributed by atoms with Crippen LogP contribution in [0.5, 0.6) is 5.88 Å². The maximum absolute atomic E-state index is 12.5. The Kier molecular flexibility index (Phi) is 2.19. The van der Waals surface area contributed by atoms with Crippen molar-refractivity contribution in [1.82, 2.24) is 4.98 Å². The van der Waals surface area contributed by atoms with Crippen LogP contribution in [0.4, 0.5) is 4.39 Å². The number of carbonyl (C=O) groups is 1. The summed E-state index contributed by atoms with van der Waals surface area (Å²) in [6.45, 7) is 0.342. The Labute approximate surface area is 80.9 Å². The third kappa shape index (κ3) is 1.89. The number of carbonyl (C=O) groups excluding carboxylic acids is 1. The summed E-state index contributed by atoms with van der Waals surface area (Å²) in [7, 11) is 0. The molecule has 4 heteroatoms. The van der Waals surface area contributed by atoms with Gasteiger partial charge in [0.05, 0.1) is 11.6 Å². The van der Waals surface area contributed by atoms with E-state index in [0.29, 0.717) is 12.5 Å². The molecule has 14 heavy (non-hydrogen) atoms. The Balaban J connectivity index is 1.92. The van der Waals surface area contributed by atoms with Crippen LogP contribution in [0, 0.1) is 11.2 Å². The van der Waals surface area contributed by atoms with E-state index >= 15 is 0 Å². The van der Waals surface area contributed by atoms with E-state index in [9.17, 15) is 9.18 Å². The van der Waals surface area contributed by atoms with Crippen molar-refractivity contribution in [3.8, 4) is 5.88 Å². The number of nitrogens with zero attached hydrogens (tertiary/aromatic N) is 1. The van der Waals surface area contributed by atoms with Crippen LogP contribution >= 0.6 is 0 Å². The highest BCUT2D eigenvalue weighted by Crippen LogP contribution is 2.43. The van der Waals surface area contributed by atoms with Crippen LogP contribution in [0.25, 0.3) is 0 Å². The molecule has 0 radical (unpaired) electrons. The van der Waals surface area contributed by atoms with Crippen LogP contribution in [0.1, 0.15) is 12.8 Å². The average Bonchev–Trinajstić information content (AvgIpc) is 2.98. The number of rotatable bonds is 4. The van der Waals surface area contributed by atoms with Gasteiger partial charge in [-0.15, -0.1) is 0 Å². The quantitative estimate of drug-likeness (QED) is 0.684. The topological polar surface area (TPSA) is 39.2 Å². The van der Waals surface area contributed by atoms with Crippen LogP contribution in [0.3, 0.4) is 0 Å². The Hall–Kier alpha value is -1.45. The minimum atomic E-state index is -0.395. The van der Waals surface area contributed by atoms with E-state index in [1.54, 1.807) is 0 Å². The molecule has 1 aliphatic rings. The molecule has 0 amide bonds. The van der Waals surface area contributed by atoms with Gasteiger partial charge < -0.3 is 9.53 Å². The number of hydrogen-bond donors (Lipinski definition) is 0. The van der Waals surface area contributed by atoms with E-state index in [2.05, 4.69) is 4.98 Å². The third-order valence-corrected chi connectivity index (χ3v) is 2.35. The highest BCUT2D eigenvalue weighted by atomic mass is 19.1. The van der Waals surface area contributed by atoms with Crippen molar-refractivity contribution < 1.29 is 13.9 Å². The highest BCUT2D eigenvalue weighted by Gasteiger charge is 2.43.